The molecule has 0 atom stereocenters. The standard InChI is InChI=1S/C15H16O3/c16-9-12-4-6-13(7-5-12)11-18-15-3-1-2-14(8-15)10-17/h1-8,16-17H,9-11H2. The molecule has 0 aliphatic rings. The molecule has 0 spiro atoms. The zero-order chi connectivity index (χ0) is 12.8. The molecule has 3 nitrogen and oxygen atoms in total. The van der Waals surface area contributed by atoms with Gasteiger partial charge < -0.3 is 14.9 Å². The van der Waals surface area contributed by atoms with E-state index >= 15 is 0 Å². The summed E-state index contributed by atoms with van der Waals surface area (Å²) in [7, 11) is 0. The highest BCUT2D eigenvalue weighted by Gasteiger charge is 1.98. The van der Waals surface area contributed by atoms with E-state index in [0.717, 1.165) is 22.4 Å². The molecule has 0 saturated heterocycles. The van der Waals surface area contributed by atoms with Crippen LogP contribution in [0.1, 0.15) is 16.7 Å². The van der Waals surface area contributed by atoms with Crippen molar-refractivity contribution in [2.75, 3.05) is 0 Å². The summed E-state index contributed by atoms with van der Waals surface area (Å²) < 4.78 is 5.63. The Morgan fingerprint density at radius 3 is 2.11 bits per heavy atom. The summed E-state index contributed by atoms with van der Waals surface area (Å²) in [6.45, 7) is 0.544. The number of benzene rings is 2. The summed E-state index contributed by atoms with van der Waals surface area (Å²) in [5.41, 5.74) is 2.77. The van der Waals surface area contributed by atoms with Gasteiger partial charge in [-0.05, 0) is 28.8 Å². The van der Waals surface area contributed by atoms with Crippen LogP contribution in [-0.4, -0.2) is 10.2 Å². The molecule has 0 aliphatic carbocycles. The highest BCUT2D eigenvalue weighted by atomic mass is 16.5. The minimum Gasteiger partial charge on any atom is -0.489 e. The topological polar surface area (TPSA) is 49.7 Å². The summed E-state index contributed by atoms with van der Waals surface area (Å²) in [6.07, 6.45) is 0. The van der Waals surface area contributed by atoms with Crippen LogP contribution in [0.15, 0.2) is 48.5 Å². The lowest BCUT2D eigenvalue weighted by atomic mass is 10.1. The average molecular weight is 244 g/mol. The molecule has 0 unspecified atom stereocenters. The Morgan fingerprint density at radius 2 is 1.44 bits per heavy atom. The van der Waals surface area contributed by atoms with Gasteiger partial charge in [-0.2, -0.15) is 0 Å². The second kappa shape index (κ2) is 6.19. The van der Waals surface area contributed by atoms with Gasteiger partial charge in [0.2, 0.25) is 0 Å². The van der Waals surface area contributed by atoms with E-state index in [1.807, 2.05) is 48.5 Å². The van der Waals surface area contributed by atoms with Crippen molar-refractivity contribution < 1.29 is 14.9 Å². The molecule has 0 bridgehead atoms. The number of hydrogen-bond donors (Lipinski definition) is 2. The van der Waals surface area contributed by atoms with Crippen molar-refractivity contribution in [3.8, 4) is 5.75 Å². The Morgan fingerprint density at radius 1 is 0.778 bits per heavy atom. The molecule has 2 rings (SSSR count). The predicted molar refractivity (Wildman–Crippen MR) is 69.1 cm³/mol. The van der Waals surface area contributed by atoms with Gasteiger partial charge >= 0.3 is 0 Å². The number of aliphatic hydroxyl groups excluding tert-OH is 2. The van der Waals surface area contributed by atoms with Gasteiger partial charge in [0.05, 0.1) is 13.2 Å². The highest BCUT2D eigenvalue weighted by molar-refractivity contribution is 5.29. The molecule has 2 aromatic rings. The van der Waals surface area contributed by atoms with Gasteiger partial charge in [0.15, 0.2) is 0 Å². The molecule has 94 valence electrons. The second-order valence-electron chi connectivity index (χ2n) is 4.07. The predicted octanol–water partition coefficient (Wildman–Crippen LogP) is 2.25. The maximum atomic E-state index is 9.03. The lowest BCUT2D eigenvalue weighted by Gasteiger charge is -2.07. The van der Waals surface area contributed by atoms with Crippen LogP contribution in [0.2, 0.25) is 0 Å². The van der Waals surface area contributed by atoms with Crippen LogP contribution in [0, 0.1) is 0 Å². The van der Waals surface area contributed by atoms with Crippen LogP contribution >= 0.6 is 0 Å². The summed E-state index contributed by atoms with van der Waals surface area (Å²) >= 11 is 0. The van der Waals surface area contributed by atoms with Gasteiger partial charge in [0, 0.05) is 0 Å². The van der Waals surface area contributed by atoms with E-state index in [0.29, 0.717) is 6.61 Å². The van der Waals surface area contributed by atoms with E-state index in [4.69, 9.17) is 14.9 Å². The molecule has 0 radical (unpaired) electrons. The second-order valence-corrected chi connectivity index (χ2v) is 4.07. The average Bonchev–Trinajstić information content (AvgIpc) is 2.46. The van der Waals surface area contributed by atoms with Gasteiger partial charge in [-0.1, -0.05) is 36.4 Å². The van der Waals surface area contributed by atoms with Gasteiger partial charge in [0.1, 0.15) is 12.4 Å². The monoisotopic (exact) mass is 244 g/mol. The first-order valence-corrected chi connectivity index (χ1v) is 5.83. The van der Waals surface area contributed by atoms with E-state index in [1.165, 1.54) is 0 Å². The van der Waals surface area contributed by atoms with Crippen molar-refractivity contribution in [3.05, 3.63) is 65.2 Å². The number of rotatable bonds is 5. The third-order valence-corrected chi connectivity index (χ3v) is 2.69. The summed E-state index contributed by atoms with van der Waals surface area (Å²) in [4.78, 5) is 0. The van der Waals surface area contributed by atoms with Crippen molar-refractivity contribution >= 4 is 0 Å². The third kappa shape index (κ3) is 3.32. The Balaban J connectivity index is 1.97. The first kappa shape index (κ1) is 12.6. The zero-order valence-corrected chi connectivity index (χ0v) is 10.0. The largest absolute Gasteiger partial charge is 0.489 e. The number of ether oxygens (including phenoxy) is 1. The fourth-order valence-electron chi connectivity index (χ4n) is 1.64. The zero-order valence-electron chi connectivity index (χ0n) is 10.0. The molecule has 0 aliphatic heterocycles. The molecule has 2 aromatic carbocycles. The van der Waals surface area contributed by atoms with E-state index in [-0.39, 0.29) is 13.2 Å². The number of hydrogen-bond acceptors (Lipinski definition) is 3. The molecule has 0 saturated carbocycles. The SMILES string of the molecule is OCc1ccc(COc2cccc(CO)c2)cc1. The Hall–Kier alpha value is -1.84. The maximum Gasteiger partial charge on any atom is 0.120 e. The van der Waals surface area contributed by atoms with Gasteiger partial charge in [0.25, 0.3) is 0 Å². The third-order valence-electron chi connectivity index (χ3n) is 2.69. The quantitative estimate of drug-likeness (QED) is 0.848. The number of aliphatic hydroxyl groups is 2. The first-order chi connectivity index (χ1) is 8.81. The van der Waals surface area contributed by atoms with Gasteiger partial charge in [-0.15, -0.1) is 0 Å². The van der Waals surface area contributed by atoms with E-state index in [9.17, 15) is 0 Å². The molecule has 18 heavy (non-hydrogen) atoms. The van der Waals surface area contributed by atoms with Crippen LogP contribution < -0.4 is 4.74 Å². The normalized spacial score (nSPS) is 10.3. The molecule has 0 fully saturated rings. The van der Waals surface area contributed by atoms with Crippen molar-refractivity contribution in [1.29, 1.82) is 0 Å². The van der Waals surface area contributed by atoms with Crippen LogP contribution in [-0.2, 0) is 19.8 Å². The van der Waals surface area contributed by atoms with E-state index < -0.39 is 0 Å². The van der Waals surface area contributed by atoms with Gasteiger partial charge in [-0.3, -0.25) is 0 Å². The fraction of sp³-hybridized carbons (Fsp3) is 0.200. The summed E-state index contributed by atoms with van der Waals surface area (Å²) in [5, 5.41) is 18.0. The maximum absolute atomic E-state index is 9.03. The van der Waals surface area contributed by atoms with Crippen LogP contribution in [0.25, 0.3) is 0 Å². The fourth-order valence-corrected chi connectivity index (χ4v) is 1.64. The first-order valence-electron chi connectivity index (χ1n) is 5.83. The van der Waals surface area contributed by atoms with Crippen molar-refractivity contribution in [2.24, 2.45) is 0 Å². The van der Waals surface area contributed by atoms with Gasteiger partial charge in [-0.25, -0.2) is 0 Å². The molecular weight excluding hydrogens is 228 g/mol. The molecule has 2 N–H and O–H groups in total. The lowest BCUT2D eigenvalue weighted by Crippen LogP contribution is -1.96. The minimum atomic E-state index is 0.0163. The van der Waals surface area contributed by atoms with Crippen LogP contribution in [0.5, 0.6) is 5.75 Å². The van der Waals surface area contributed by atoms with E-state index in [2.05, 4.69) is 0 Å². The highest BCUT2D eigenvalue weighted by Crippen LogP contribution is 2.15. The van der Waals surface area contributed by atoms with Crippen molar-refractivity contribution in [2.45, 2.75) is 19.8 Å². The van der Waals surface area contributed by atoms with E-state index in [1.54, 1.807) is 0 Å². The van der Waals surface area contributed by atoms with Crippen LogP contribution in [0.3, 0.4) is 0 Å². The molecule has 0 amide bonds. The Kier molecular flexibility index (Phi) is 4.34. The summed E-state index contributed by atoms with van der Waals surface area (Å²) in [5.74, 6) is 0.743. The van der Waals surface area contributed by atoms with Crippen LogP contribution in [0.4, 0.5) is 0 Å². The molecular formula is C15H16O3. The molecule has 0 aromatic heterocycles. The summed E-state index contributed by atoms with van der Waals surface area (Å²) in [6, 6.07) is 15.0. The Labute approximate surface area is 106 Å². The lowest BCUT2D eigenvalue weighted by molar-refractivity contribution is 0.277. The molecule has 0 heterocycles. The molecule has 3 heteroatoms. The van der Waals surface area contributed by atoms with Crippen molar-refractivity contribution in [3.63, 3.8) is 0 Å². The van der Waals surface area contributed by atoms with Crippen molar-refractivity contribution in [1.82, 2.24) is 0 Å². The minimum absolute atomic E-state index is 0.0163. The smallest absolute Gasteiger partial charge is 0.120 e. The Bertz CT molecular complexity index is 491.